The minimum atomic E-state index is -0.301. The lowest BCUT2D eigenvalue weighted by Gasteiger charge is -2.21. The maximum Gasteiger partial charge on any atom is 0.148 e. The molecule has 3 nitrogen and oxygen atoms in total. The van der Waals surface area contributed by atoms with E-state index in [-0.39, 0.29) is 5.54 Å². The second-order valence-electron chi connectivity index (χ2n) is 5.47. The van der Waals surface area contributed by atoms with Gasteiger partial charge in [-0.05, 0) is 30.9 Å². The molecule has 19 heavy (non-hydrogen) atoms. The SMILES string of the molecule is Cc1ccccc1-c1cnc(C2(N)CCCC2)nc1. The van der Waals surface area contributed by atoms with Crippen LogP contribution in [0.3, 0.4) is 0 Å². The van der Waals surface area contributed by atoms with Crippen molar-refractivity contribution in [1.29, 1.82) is 0 Å². The van der Waals surface area contributed by atoms with Crippen molar-refractivity contribution in [2.75, 3.05) is 0 Å². The van der Waals surface area contributed by atoms with Crippen molar-refractivity contribution < 1.29 is 0 Å². The average Bonchev–Trinajstić information content (AvgIpc) is 2.88. The molecule has 1 aromatic heterocycles. The number of aryl methyl sites for hydroxylation is 1. The summed E-state index contributed by atoms with van der Waals surface area (Å²) in [4.78, 5) is 9.03. The van der Waals surface area contributed by atoms with Crippen LogP contribution in [0.15, 0.2) is 36.7 Å². The van der Waals surface area contributed by atoms with Crippen molar-refractivity contribution in [3.8, 4) is 11.1 Å². The Kier molecular flexibility index (Phi) is 3.07. The van der Waals surface area contributed by atoms with Crippen LogP contribution in [-0.2, 0) is 5.54 Å². The van der Waals surface area contributed by atoms with Crippen LogP contribution in [-0.4, -0.2) is 9.97 Å². The van der Waals surface area contributed by atoms with Gasteiger partial charge in [-0.3, -0.25) is 0 Å². The minimum absolute atomic E-state index is 0.301. The third-order valence-electron chi connectivity index (χ3n) is 4.05. The fourth-order valence-corrected chi connectivity index (χ4v) is 2.85. The Labute approximate surface area is 113 Å². The maximum atomic E-state index is 6.37. The van der Waals surface area contributed by atoms with Gasteiger partial charge in [-0.2, -0.15) is 0 Å². The molecule has 98 valence electrons. The van der Waals surface area contributed by atoms with Gasteiger partial charge in [-0.1, -0.05) is 37.1 Å². The quantitative estimate of drug-likeness (QED) is 0.894. The van der Waals surface area contributed by atoms with E-state index in [0.29, 0.717) is 0 Å². The average molecular weight is 253 g/mol. The highest BCUT2D eigenvalue weighted by Gasteiger charge is 2.33. The van der Waals surface area contributed by atoms with Crippen molar-refractivity contribution in [2.45, 2.75) is 38.1 Å². The molecule has 1 heterocycles. The molecule has 1 fully saturated rings. The van der Waals surface area contributed by atoms with Crippen LogP contribution in [0.2, 0.25) is 0 Å². The van der Waals surface area contributed by atoms with Crippen LogP contribution in [0.5, 0.6) is 0 Å². The van der Waals surface area contributed by atoms with E-state index in [1.807, 2.05) is 24.5 Å². The second kappa shape index (κ2) is 4.74. The van der Waals surface area contributed by atoms with E-state index in [4.69, 9.17) is 5.73 Å². The molecule has 0 amide bonds. The zero-order chi connectivity index (χ0) is 13.3. The molecule has 2 aromatic rings. The molecule has 1 aromatic carbocycles. The highest BCUT2D eigenvalue weighted by atomic mass is 15.0. The molecule has 0 atom stereocenters. The van der Waals surface area contributed by atoms with E-state index in [0.717, 1.165) is 24.2 Å². The summed E-state index contributed by atoms with van der Waals surface area (Å²) >= 11 is 0. The molecule has 3 heteroatoms. The van der Waals surface area contributed by atoms with Gasteiger partial charge >= 0.3 is 0 Å². The molecule has 0 spiro atoms. The van der Waals surface area contributed by atoms with Gasteiger partial charge in [-0.15, -0.1) is 0 Å². The minimum Gasteiger partial charge on any atom is -0.319 e. The number of aromatic nitrogens is 2. The predicted octanol–water partition coefficient (Wildman–Crippen LogP) is 3.18. The topological polar surface area (TPSA) is 51.8 Å². The third-order valence-corrected chi connectivity index (χ3v) is 4.05. The molecule has 0 saturated heterocycles. The Bertz CT molecular complexity index is 569. The second-order valence-corrected chi connectivity index (χ2v) is 5.47. The molecule has 3 rings (SSSR count). The van der Waals surface area contributed by atoms with Gasteiger partial charge in [0, 0.05) is 18.0 Å². The number of hydrogen-bond acceptors (Lipinski definition) is 3. The molecule has 1 aliphatic carbocycles. The lowest BCUT2D eigenvalue weighted by atomic mass is 9.97. The summed E-state index contributed by atoms with van der Waals surface area (Å²) in [5.41, 5.74) is 9.56. The monoisotopic (exact) mass is 253 g/mol. The first-order chi connectivity index (χ1) is 9.19. The first kappa shape index (κ1) is 12.3. The summed E-state index contributed by atoms with van der Waals surface area (Å²) in [6.45, 7) is 2.10. The smallest absolute Gasteiger partial charge is 0.148 e. The van der Waals surface area contributed by atoms with Crippen LogP contribution in [0.4, 0.5) is 0 Å². The lowest BCUT2D eigenvalue weighted by molar-refractivity contribution is 0.431. The zero-order valence-electron chi connectivity index (χ0n) is 11.3. The molecule has 0 aliphatic heterocycles. The first-order valence-corrected chi connectivity index (χ1v) is 6.86. The summed E-state index contributed by atoms with van der Waals surface area (Å²) < 4.78 is 0. The molecule has 0 radical (unpaired) electrons. The van der Waals surface area contributed by atoms with Crippen molar-refractivity contribution in [2.24, 2.45) is 5.73 Å². The number of hydrogen-bond donors (Lipinski definition) is 1. The Balaban J connectivity index is 1.93. The van der Waals surface area contributed by atoms with Crippen LogP contribution in [0.25, 0.3) is 11.1 Å². The highest BCUT2D eigenvalue weighted by Crippen LogP contribution is 2.34. The molecular formula is C16H19N3. The highest BCUT2D eigenvalue weighted by molar-refractivity contribution is 5.65. The van der Waals surface area contributed by atoms with Gasteiger partial charge in [0.1, 0.15) is 5.82 Å². The largest absolute Gasteiger partial charge is 0.319 e. The van der Waals surface area contributed by atoms with Crippen LogP contribution >= 0.6 is 0 Å². The summed E-state index contributed by atoms with van der Waals surface area (Å²) in [5, 5.41) is 0. The normalized spacial score (nSPS) is 17.6. The Morgan fingerprint density at radius 3 is 2.32 bits per heavy atom. The first-order valence-electron chi connectivity index (χ1n) is 6.86. The van der Waals surface area contributed by atoms with Crippen molar-refractivity contribution in [1.82, 2.24) is 9.97 Å². The van der Waals surface area contributed by atoms with Crippen LogP contribution in [0.1, 0.15) is 37.1 Å². The summed E-state index contributed by atoms with van der Waals surface area (Å²) in [6.07, 6.45) is 8.15. The Morgan fingerprint density at radius 1 is 1.05 bits per heavy atom. The molecule has 1 aliphatic rings. The number of rotatable bonds is 2. The number of benzene rings is 1. The summed E-state index contributed by atoms with van der Waals surface area (Å²) in [6, 6.07) is 8.28. The standard InChI is InChI=1S/C16H19N3/c1-12-6-2-3-7-14(12)13-10-18-15(19-11-13)16(17)8-4-5-9-16/h2-3,6-7,10-11H,4-5,8-9,17H2,1H3. The van der Waals surface area contributed by atoms with Gasteiger partial charge in [-0.25, -0.2) is 9.97 Å². The van der Waals surface area contributed by atoms with E-state index in [2.05, 4.69) is 29.0 Å². The summed E-state index contributed by atoms with van der Waals surface area (Å²) in [7, 11) is 0. The van der Waals surface area contributed by atoms with E-state index >= 15 is 0 Å². The van der Waals surface area contributed by atoms with E-state index < -0.39 is 0 Å². The van der Waals surface area contributed by atoms with Crippen molar-refractivity contribution in [3.05, 3.63) is 48.0 Å². The third kappa shape index (κ3) is 2.26. The van der Waals surface area contributed by atoms with Crippen molar-refractivity contribution in [3.63, 3.8) is 0 Å². The fraction of sp³-hybridized carbons (Fsp3) is 0.375. The molecule has 0 unspecified atom stereocenters. The lowest BCUT2D eigenvalue weighted by Crippen LogP contribution is -2.35. The predicted molar refractivity (Wildman–Crippen MR) is 76.5 cm³/mol. The van der Waals surface area contributed by atoms with Gasteiger partial charge in [0.25, 0.3) is 0 Å². The zero-order valence-corrected chi connectivity index (χ0v) is 11.3. The summed E-state index contributed by atoms with van der Waals surface area (Å²) in [5.74, 6) is 0.794. The van der Waals surface area contributed by atoms with Gasteiger partial charge in [0.05, 0.1) is 5.54 Å². The maximum absolute atomic E-state index is 6.37. The fourth-order valence-electron chi connectivity index (χ4n) is 2.85. The van der Waals surface area contributed by atoms with E-state index in [1.54, 1.807) is 0 Å². The van der Waals surface area contributed by atoms with Gasteiger partial charge < -0.3 is 5.73 Å². The molecule has 0 bridgehead atoms. The number of nitrogens with zero attached hydrogens (tertiary/aromatic N) is 2. The Hall–Kier alpha value is -1.74. The van der Waals surface area contributed by atoms with Gasteiger partial charge in [0.2, 0.25) is 0 Å². The van der Waals surface area contributed by atoms with Crippen LogP contribution in [0, 0.1) is 6.92 Å². The molecule has 2 N–H and O–H groups in total. The Morgan fingerprint density at radius 2 is 1.68 bits per heavy atom. The van der Waals surface area contributed by atoms with E-state index in [1.165, 1.54) is 24.0 Å². The molecular weight excluding hydrogens is 234 g/mol. The molecule has 1 saturated carbocycles. The van der Waals surface area contributed by atoms with Gasteiger partial charge in [0.15, 0.2) is 0 Å². The van der Waals surface area contributed by atoms with Crippen molar-refractivity contribution >= 4 is 0 Å². The van der Waals surface area contributed by atoms with Crippen LogP contribution < -0.4 is 5.73 Å². The number of nitrogens with two attached hydrogens (primary N) is 1. The van der Waals surface area contributed by atoms with E-state index in [9.17, 15) is 0 Å².